The van der Waals surface area contributed by atoms with Gasteiger partial charge in [-0.1, -0.05) is 30.3 Å². The van der Waals surface area contributed by atoms with E-state index in [4.69, 9.17) is 0 Å². The lowest BCUT2D eigenvalue weighted by atomic mass is 10.2. The minimum atomic E-state index is 0.677. The highest BCUT2D eigenvalue weighted by Gasteiger charge is 2.01. The fourth-order valence-electron chi connectivity index (χ4n) is 2.04. The summed E-state index contributed by atoms with van der Waals surface area (Å²) in [6.07, 6.45) is 1.10. The molecule has 0 saturated heterocycles. The van der Waals surface area contributed by atoms with Crippen molar-refractivity contribution < 1.29 is 0 Å². The van der Waals surface area contributed by atoms with Crippen LogP contribution in [0.5, 0.6) is 0 Å². The third-order valence-corrected chi connectivity index (χ3v) is 3.02. The van der Waals surface area contributed by atoms with Crippen molar-refractivity contribution >= 4 is 0 Å². The van der Waals surface area contributed by atoms with Crippen LogP contribution in [-0.2, 0) is 20.1 Å². The zero-order valence-electron chi connectivity index (χ0n) is 12.2. The van der Waals surface area contributed by atoms with Gasteiger partial charge in [0.1, 0.15) is 0 Å². The van der Waals surface area contributed by atoms with E-state index >= 15 is 0 Å². The molecule has 0 atom stereocenters. The van der Waals surface area contributed by atoms with Gasteiger partial charge in [-0.25, -0.2) is 0 Å². The Morgan fingerprint density at radius 1 is 1.25 bits per heavy atom. The van der Waals surface area contributed by atoms with Crippen LogP contribution in [0.2, 0.25) is 0 Å². The molecule has 2 rings (SSSR count). The number of hydrogen-bond donors (Lipinski definition) is 1. The first kappa shape index (κ1) is 14.6. The van der Waals surface area contributed by atoms with Gasteiger partial charge in [0.05, 0.1) is 13.6 Å². The number of aromatic nitrogens is 4. The largest absolute Gasteiger partial charge is 0.310 e. The van der Waals surface area contributed by atoms with Crippen LogP contribution in [0.25, 0.3) is 0 Å². The van der Waals surface area contributed by atoms with Gasteiger partial charge in [-0.15, -0.1) is 10.2 Å². The standard InChI is InChI=1S/C14H22N6/c1-19(12-13-7-4-3-5-8-13)10-6-9-15-11-14-16-18-20(2)17-14/h3-5,7-8,15H,6,9-12H2,1-2H3. The van der Waals surface area contributed by atoms with Crippen LogP contribution in [0.15, 0.2) is 30.3 Å². The summed E-state index contributed by atoms with van der Waals surface area (Å²) >= 11 is 0. The number of nitrogens with one attached hydrogen (secondary N) is 1. The van der Waals surface area contributed by atoms with Crippen molar-refractivity contribution in [1.29, 1.82) is 0 Å². The second kappa shape index (κ2) is 7.72. The molecule has 0 spiro atoms. The minimum absolute atomic E-state index is 0.677. The summed E-state index contributed by atoms with van der Waals surface area (Å²) in [6.45, 7) is 3.69. The fraction of sp³-hybridized carbons (Fsp3) is 0.500. The SMILES string of the molecule is CN(CCCNCc1nnn(C)n1)Cc1ccccc1. The third kappa shape index (κ3) is 5.07. The molecule has 6 nitrogen and oxygen atoms in total. The van der Waals surface area contributed by atoms with Gasteiger partial charge in [0.15, 0.2) is 5.82 Å². The zero-order chi connectivity index (χ0) is 14.2. The van der Waals surface area contributed by atoms with E-state index in [1.165, 1.54) is 10.4 Å². The maximum atomic E-state index is 4.12. The first-order chi connectivity index (χ1) is 9.74. The molecule has 20 heavy (non-hydrogen) atoms. The monoisotopic (exact) mass is 274 g/mol. The highest BCUT2D eigenvalue weighted by Crippen LogP contribution is 2.02. The van der Waals surface area contributed by atoms with Gasteiger partial charge in [0, 0.05) is 6.54 Å². The van der Waals surface area contributed by atoms with Crippen molar-refractivity contribution in [2.45, 2.75) is 19.5 Å². The Labute approximate surface area is 119 Å². The smallest absolute Gasteiger partial charge is 0.188 e. The van der Waals surface area contributed by atoms with Crippen LogP contribution in [0.4, 0.5) is 0 Å². The van der Waals surface area contributed by atoms with Crippen LogP contribution in [0.3, 0.4) is 0 Å². The Kier molecular flexibility index (Phi) is 5.64. The van der Waals surface area contributed by atoms with Crippen molar-refractivity contribution in [3.8, 4) is 0 Å². The highest BCUT2D eigenvalue weighted by molar-refractivity contribution is 5.14. The summed E-state index contributed by atoms with van der Waals surface area (Å²) in [5.74, 6) is 0.741. The summed E-state index contributed by atoms with van der Waals surface area (Å²) in [5.41, 5.74) is 1.35. The van der Waals surface area contributed by atoms with Crippen LogP contribution >= 0.6 is 0 Å². The molecular weight excluding hydrogens is 252 g/mol. The Morgan fingerprint density at radius 3 is 2.75 bits per heavy atom. The van der Waals surface area contributed by atoms with Crippen LogP contribution < -0.4 is 5.32 Å². The summed E-state index contributed by atoms with van der Waals surface area (Å²) < 4.78 is 0. The summed E-state index contributed by atoms with van der Waals surface area (Å²) in [4.78, 5) is 3.81. The van der Waals surface area contributed by atoms with Gasteiger partial charge in [-0.3, -0.25) is 0 Å². The number of tetrazole rings is 1. The number of benzene rings is 1. The summed E-state index contributed by atoms with van der Waals surface area (Å²) in [7, 11) is 3.92. The van der Waals surface area contributed by atoms with E-state index in [-0.39, 0.29) is 0 Å². The molecule has 2 aromatic rings. The Morgan fingerprint density at radius 2 is 2.05 bits per heavy atom. The topological polar surface area (TPSA) is 58.9 Å². The van der Waals surface area contributed by atoms with Gasteiger partial charge in [-0.2, -0.15) is 4.80 Å². The lowest BCUT2D eigenvalue weighted by molar-refractivity contribution is 0.319. The van der Waals surface area contributed by atoms with E-state index in [0.29, 0.717) is 6.54 Å². The maximum absolute atomic E-state index is 4.12. The van der Waals surface area contributed by atoms with Crippen molar-refractivity contribution in [2.75, 3.05) is 20.1 Å². The highest BCUT2D eigenvalue weighted by atomic mass is 15.6. The molecule has 1 aromatic carbocycles. The molecule has 1 aromatic heterocycles. The molecule has 0 fully saturated rings. The van der Waals surface area contributed by atoms with Crippen molar-refractivity contribution in [3.05, 3.63) is 41.7 Å². The Balaban J connectivity index is 1.56. The van der Waals surface area contributed by atoms with E-state index in [9.17, 15) is 0 Å². The van der Waals surface area contributed by atoms with Crippen LogP contribution in [0.1, 0.15) is 17.8 Å². The average Bonchev–Trinajstić information content (AvgIpc) is 2.85. The first-order valence-corrected chi connectivity index (χ1v) is 6.90. The summed E-state index contributed by atoms with van der Waals surface area (Å²) in [5, 5.41) is 15.2. The molecule has 0 aliphatic carbocycles. The summed E-state index contributed by atoms with van der Waals surface area (Å²) in [6, 6.07) is 10.5. The predicted molar refractivity (Wildman–Crippen MR) is 77.9 cm³/mol. The predicted octanol–water partition coefficient (Wildman–Crippen LogP) is 0.822. The zero-order valence-corrected chi connectivity index (χ0v) is 12.2. The molecule has 0 aliphatic heterocycles. The molecule has 0 unspecified atom stereocenters. The molecule has 108 valence electrons. The first-order valence-electron chi connectivity index (χ1n) is 6.90. The van der Waals surface area contributed by atoms with Gasteiger partial charge in [-0.05, 0) is 37.3 Å². The fourth-order valence-corrected chi connectivity index (χ4v) is 2.04. The van der Waals surface area contributed by atoms with Gasteiger partial charge < -0.3 is 10.2 Å². The minimum Gasteiger partial charge on any atom is -0.310 e. The van der Waals surface area contributed by atoms with Crippen molar-refractivity contribution in [2.24, 2.45) is 7.05 Å². The van der Waals surface area contributed by atoms with E-state index in [2.05, 4.69) is 56.9 Å². The Hall–Kier alpha value is -1.79. The van der Waals surface area contributed by atoms with Gasteiger partial charge in [0.25, 0.3) is 0 Å². The lowest BCUT2D eigenvalue weighted by Crippen LogP contribution is -2.24. The van der Waals surface area contributed by atoms with Crippen LogP contribution in [0, 0.1) is 0 Å². The molecule has 0 bridgehead atoms. The van der Waals surface area contributed by atoms with Crippen molar-refractivity contribution in [3.63, 3.8) is 0 Å². The molecule has 0 amide bonds. The van der Waals surface area contributed by atoms with E-state index < -0.39 is 0 Å². The second-order valence-electron chi connectivity index (χ2n) is 4.95. The molecule has 0 aliphatic rings. The Bertz CT molecular complexity index is 495. The molecule has 0 saturated carbocycles. The van der Waals surface area contributed by atoms with E-state index in [1.54, 1.807) is 7.05 Å². The van der Waals surface area contributed by atoms with Crippen molar-refractivity contribution in [1.82, 2.24) is 30.4 Å². The lowest BCUT2D eigenvalue weighted by Gasteiger charge is -2.16. The molecule has 0 radical (unpaired) electrons. The number of hydrogen-bond acceptors (Lipinski definition) is 5. The average molecular weight is 274 g/mol. The number of aryl methyl sites for hydroxylation is 1. The quantitative estimate of drug-likeness (QED) is 0.722. The van der Waals surface area contributed by atoms with Gasteiger partial charge in [0.2, 0.25) is 0 Å². The van der Waals surface area contributed by atoms with E-state index in [0.717, 1.165) is 31.9 Å². The molecule has 1 heterocycles. The molecule has 6 heteroatoms. The van der Waals surface area contributed by atoms with Gasteiger partial charge >= 0.3 is 0 Å². The van der Waals surface area contributed by atoms with E-state index in [1.807, 2.05) is 6.07 Å². The number of rotatable bonds is 8. The number of nitrogens with zero attached hydrogens (tertiary/aromatic N) is 5. The second-order valence-corrected chi connectivity index (χ2v) is 4.95. The molecular formula is C14H22N6. The molecule has 1 N–H and O–H groups in total. The normalized spacial score (nSPS) is 11.2. The third-order valence-electron chi connectivity index (χ3n) is 3.02. The maximum Gasteiger partial charge on any atom is 0.188 e. The van der Waals surface area contributed by atoms with Crippen LogP contribution in [-0.4, -0.2) is 45.2 Å².